The van der Waals surface area contributed by atoms with Crippen LogP contribution in [-0.4, -0.2) is 62.5 Å². The number of aliphatic imine (C=N–C) groups is 1. The molecule has 0 spiro atoms. The highest BCUT2D eigenvalue weighted by atomic mass is 127. The number of benzene rings is 1. The summed E-state index contributed by atoms with van der Waals surface area (Å²) in [6.07, 6.45) is 0. The van der Waals surface area contributed by atoms with Gasteiger partial charge in [-0.25, -0.2) is 4.99 Å². The number of amides is 1. The Morgan fingerprint density at radius 3 is 2.52 bits per heavy atom. The second-order valence-electron chi connectivity index (χ2n) is 5.94. The number of likely N-dealkylation sites (N-methyl/N-ethyl adjacent to an activating group) is 2. The van der Waals surface area contributed by atoms with Crippen LogP contribution in [0, 0.1) is 0 Å². The molecule has 27 heavy (non-hydrogen) atoms. The Labute approximate surface area is 182 Å². The van der Waals surface area contributed by atoms with Gasteiger partial charge in [-0.3, -0.25) is 4.79 Å². The van der Waals surface area contributed by atoms with Crippen LogP contribution in [0.25, 0.3) is 0 Å². The normalized spacial score (nSPS) is 10.7. The van der Waals surface area contributed by atoms with E-state index in [4.69, 9.17) is 4.74 Å². The molecule has 1 N–H and O–H groups in total. The highest BCUT2D eigenvalue weighted by molar-refractivity contribution is 14.0. The number of ether oxygens (including phenoxy) is 1. The lowest BCUT2D eigenvalue weighted by molar-refractivity contribution is -0.127. The summed E-state index contributed by atoms with van der Waals surface area (Å²) in [5, 5.41) is 5.37. The average Bonchev–Trinajstić information content (AvgIpc) is 3.15. The van der Waals surface area contributed by atoms with Crippen LogP contribution in [0.1, 0.15) is 4.88 Å². The largest absolute Gasteiger partial charge is 0.492 e. The van der Waals surface area contributed by atoms with Crippen molar-refractivity contribution in [2.45, 2.75) is 6.54 Å². The predicted octanol–water partition coefficient (Wildman–Crippen LogP) is 2.91. The molecule has 1 aromatic carbocycles. The highest BCUT2D eigenvalue weighted by Gasteiger charge is 2.09. The van der Waals surface area contributed by atoms with Crippen molar-refractivity contribution in [1.82, 2.24) is 15.1 Å². The van der Waals surface area contributed by atoms with Crippen LogP contribution in [0.2, 0.25) is 0 Å². The Kier molecular flexibility index (Phi) is 10.8. The third kappa shape index (κ3) is 8.61. The molecule has 0 aliphatic carbocycles. The maximum atomic E-state index is 11.9. The molecule has 1 aromatic heterocycles. The van der Waals surface area contributed by atoms with E-state index in [1.54, 1.807) is 30.3 Å². The lowest BCUT2D eigenvalue weighted by Gasteiger charge is -2.22. The SMILES string of the molecule is CN(C)C(=O)CN=C(NCc1cccs1)N(C)CCOc1ccccc1.I. The number of nitrogens with zero attached hydrogens (tertiary/aromatic N) is 3. The molecule has 0 fully saturated rings. The quantitative estimate of drug-likeness (QED) is 0.343. The zero-order valence-electron chi connectivity index (χ0n) is 15.9. The van der Waals surface area contributed by atoms with Gasteiger partial charge in [0.15, 0.2) is 5.96 Å². The Balaban J connectivity index is 0.00000364. The van der Waals surface area contributed by atoms with Gasteiger partial charge >= 0.3 is 0 Å². The van der Waals surface area contributed by atoms with Crippen LogP contribution >= 0.6 is 35.3 Å². The Hall–Kier alpha value is -1.81. The smallest absolute Gasteiger partial charge is 0.243 e. The summed E-state index contributed by atoms with van der Waals surface area (Å²) in [5.74, 6) is 1.49. The molecule has 8 heteroatoms. The Morgan fingerprint density at radius 2 is 1.89 bits per heavy atom. The number of thiophene rings is 1. The van der Waals surface area contributed by atoms with Crippen LogP contribution in [0.3, 0.4) is 0 Å². The molecule has 0 radical (unpaired) electrons. The van der Waals surface area contributed by atoms with Crippen molar-refractivity contribution in [3.8, 4) is 5.75 Å². The number of nitrogens with one attached hydrogen (secondary N) is 1. The van der Waals surface area contributed by atoms with E-state index in [9.17, 15) is 4.79 Å². The summed E-state index contributed by atoms with van der Waals surface area (Å²) >= 11 is 1.69. The fraction of sp³-hybridized carbons (Fsp3) is 0.368. The lowest BCUT2D eigenvalue weighted by Crippen LogP contribution is -2.41. The number of carbonyl (C=O) groups is 1. The second kappa shape index (κ2) is 12.6. The van der Waals surface area contributed by atoms with Gasteiger partial charge in [0, 0.05) is 26.0 Å². The van der Waals surface area contributed by atoms with Crippen molar-refractivity contribution >= 4 is 47.2 Å². The van der Waals surface area contributed by atoms with Gasteiger partial charge in [-0.2, -0.15) is 0 Å². The van der Waals surface area contributed by atoms with E-state index in [1.165, 1.54) is 4.88 Å². The summed E-state index contributed by atoms with van der Waals surface area (Å²) in [4.78, 5) is 21.0. The van der Waals surface area contributed by atoms with Gasteiger partial charge in [0.1, 0.15) is 18.9 Å². The lowest BCUT2D eigenvalue weighted by atomic mass is 10.3. The first-order valence-corrected chi connectivity index (χ1v) is 9.34. The number of carbonyl (C=O) groups excluding carboxylic acids is 1. The molecular formula is C19H27IN4O2S. The molecular weight excluding hydrogens is 475 g/mol. The molecule has 1 amide bonds. The van der Waals surface area contributed by atoms with Crippen LogP contribution in [0.4, 0.5) is 0 Å². The summed E-state index contributed by atoms with van der Waals surface area (Å²) in [6.45, 7) is 1.98. The molecule has 0 aliphatic heterocycles. The van der Waals surface area contributed by atoms with Crippen LogP contribution in [0.5, 0.6) is 5.75 Å². The molecule has 0 saturated heterocycles. The van der Waals surface area contributed by atoms with E-state index < -0.39 is 0 Å². The van der Waals surface area contributed by atoms with Crippen LogP contribution < -0.4 is 10.1 Å². The Bertz CT molecular complexity index is 693. The van der Waals surface area contributed by atoms with Gasteiger partial charge in [0.25, 0.3) is 0 Å². The number of hydrogen-bond donors (Lipinski definition) is 1. The Morgan fingerprint density at radius 1 is 1.15 bits per heavy atom. The molecule has 1 heterocycles. The first-order chi connectivity index (χ1) is 12.6. The molecule has 0 atom stereocenters. The summed E-state index contributed by atoms with van der Waals surface area (Å²) < 4.78 is 5.74. The molecule has 148 valence electrons. The average molecular weight is 502 g/mol. The van der Waals surface area contributed by atoms with E-state index >= 15 is 0 Å². The van der Waals surface area contributed by atoms with Crippen LogP contribution in [-0.2, 0) is 11.3 Å². The van der Waals surface area contributed by atoms with Gasteiger partial charge in [-0.1, -0.05) is 24.3 Å². The van der Waals surface area contributed by atoms with Gasteiger partial charge in [0.05, 0.1) is 13.1 Å². The standard InChI is InChI=1S/C19H26N4O2S.HI/c1-22(2)18(24)15-21-19(20-14-17-10-7-13-26-17)23(3)11-12-25-16-8-5-4-6-9-16;/h4-10,13H,11-12,14-15H2,1-3H3,(H,20,21);1H. The molecule has 6 nitrogen and oxygen atoms in total. The van der Waals surface area contributed by atoms with Gasteiger partial charge < -0.3 is 19.9 Å². The third-order valence-corrected chi connectivity index (χ3v) is 4.54. The summed E-state index contributed by atoms with van der Waals surface area (Å²) in [7, 11) is 5.40. The van der Waals surface area contributed by atoms with E-state index in [-0.39, 0.29) is 36.4 Å². The zero-order chi connectivity index (χ0) is 18.8. The van der Waals surface area contributed by atoms with E-state index in [1.807, 2.05) is 53.7 Å². The van der Waals surface area contributed by atoms with Crippen molar-refractivity contribution in [1.29, 1.82) is 0 Å². The van der Waals surface area contributed by atoms with Gasteiger partial charge in [-0.15, -0.1) is 35.3 Å². The third-order valence-electron chi connectivity index (χ3n) is 3.66. The predicted molar refractivity (Wildman–Crippen MR) is 122 cm³/mol. The maximum absolute atomic E-state index is 11.9. The van der Waals surface area contributed by atoms with E-state index in [0.29, 0.717) is 25.7 Å². The minimum absolute atomic E-state index is 0. The molecule has 0 saturated carbocycles. The number of para-hydroxylation sites is 1. The fourth-order valence-corrected chi connectivity index (χ4v) is 2.74. The maximum Gasteiger partial charge on any atom is 0.243 e. The van der Waals surface area contributed by atoms with E-state index in [0.717, 1.165) is 5.75 Å². The van der Waals surface area contributed by atoms with Crippen molar-refractivity contribution in [3.05, 3.63) is 52.7 Å². The van der Waals surface area contributed by atoms with Crippen LogP contribution in [0.15, 0.2) is 52.8 Å². The highest BCUT2D eigenvalue weighted by Crippen LogP contribution is 2.09. The fourth-order valence-electron chi connectivity index (χ4n) is 2.10. The van der Waals surface area contributed by atoms with Crippen molar-refractivity contribution in [3.63, 3.8) is 0 Å². The molecule has 0 aliphatic rings. The number of halogens is 1. The molecule has 2 aromatic rings. The monoisotopic (exact) mass is 502 g/mol. The van der Waals surface area contributed by atoms with Crippen molar-refractivity contribution in [2.24, 2.45) is 4.99 Å². The second-order valence-corrected chi connectivity index (χ2v) is 6.98. The minimum Gasteiger partial charge on any atom is -0.492 e. The van der Waals surface area contributed by atoms with Crippen molar-refractivity contribution in [2.75, 3.05) is 40.8 Å². The number of rotatable bonds is 8. The summed E-state index contributed by atoms with van der Waals surface area (Å²) in [6, 6.07) is 13.8. The van der Waals surface area contributed by atoms with Crippen molar-refractivity contribution < 1.29 is 9.53 Å². The van der Waals surface area contributed by atoms with Gasteiger partial charge in [0.2, 0.25) is 5.91 Å². The summed E-state index contributed by atoms with van der Waals surface area (Å²) in [5.41, 5.74) is 0. The topological polar surface area (TPSA) is 57.2 Å². The molecule has 0 bridgehead atoms. The first kappa shape index (κ1) is 23.2. The minimum atomic E-state index is -0.0330. The van der Waals surface area contributed by atoms with E-state index in [2.05, 4.69) is 16.4 Å². The zero-order valence-corrected chi connectivity index (χ0v) is 19.1. The first-order valence-electron chi connectivity index (χ1n) is 8.46. The molecule has 0 unspecified atom stereocenters. The molecule has 2 rings (SSSR count). The van der Waals surface area contributed by atoms with Gasteiger partial charge in [-0.05, 0) is 23.6 Å². The number of guanidine groups is 1. The number of hydrogen-bond acceptors (Lipinski definition) is 4.